The van der Waals surface area contributed by atoms with Crippen LogP contribution in [-0.2, 0) is 28.9 Å². The average Bonchev–Trinajstić information content (AvgIpc) is 2.78. The highest BCUT2D eigenvalue weighted by Gasteiger charge is 2.22. The summed E-state index contributed by atoms with van der Waals surface area (Å²) in [5, 5.41) is 8.78. The van der Waals surface area contributed by atoms with Crippen LogP contribution in [-0.4, -0.2) is 51.5 Å². The molecule has 0 aliphatic rings. The molecule has 7 nitrogen and oxygen atoms in total. The number of esters is 2. The molecule has 0 fully saturated rings. The molecule has 0 aliphatic carbocycles. The van der Waals surface area contributed by atoms with Gasteiger partial charge in [0, 0.05) is 18.8 Å². The van der Waals surface area contributed by atoms with Gasteiger partial charge in [0.05, 0.1) is 23.7 Å². The molecule has 2 aromatic rings. The predicted molar refractivity (Wildman–Crippen MR) is 126 cm³/mol. The summed E-state index contributed by atoms with van der Waals surface area (Å²) in [6.45, 7) is 1.20. The van der Waals surface area contributed by atoms with Gasteiger partial charge in [0.15, 0.2) is 9.84 Å². The van der Waals surface area contributed by atoms with E-state index in [0.717, 1.165) is 6.26 Å². The van der Waals surface area contributed by atoms with Gasteiger partial charge in [-0.15, -0.1) is 0 Å². The van der Waals surface area contributed by atoms with E-state index in [9.17, 15) is 18.0 Å². The highest BCUT2D eigenvalue weighted by Crippen LogP contribution is 2.29. The van der Waals surface area contributed by atoms with Crippen LogP contribution >= 0.6 is 0 Å². The van der Waals surface area contributed by atoms with E-state index in [2.05, 4.69) is 0 Å². The van der Waals surface area contributed by atoms with E-state index in [-0.39, 0.29) is 30.3 Å². The zero-order valence-electron chi connectivity index (χ0n) is 18.7. The molecule has 33 heavy (non-hydrogen) atoms. The number of ether oxygens (including phenoxy) is 2. The highest BCUT2D eigenvalue weighted by molar-refractivity contribution is 7.90. The van der Waals surface area contributed by atoms with Crippen LogP contribution in [0, 0.1) is 0 Å². The van der Waals surface area contributed by atoms with Gasteiger partial charge in [-0.2, -0.15) is 0 Å². The molecule has 8 heteroatoms. The van der Waals surface area contributed by atoms with E-state index in [4.69, 9.17) is 14.6 Å². The molecular weight excluding hydrogens is 444 g/mol. The maximum atomic E-state index is 13.1. The van der Waals surface area contributed by atoms with Gasteiger partial charge in [0.1, 0.15) is 6.61 Å². The fraction of sp³-hybridized carbons (Fsp3) is 0.280. The Labute approximate surface area is 194 Å². The molecule has 0 saturated carbocycles. The van der Waals surface area contributed by atoms with Crippen molar-refractivity contribution < 1.29 is 32.6 Å². The summed E-state index contributed by atoms with van der Waals surface area (Å²) in [6, 6.07) is 14.9. The summed E-state index contributed by atoms with van der Waals surface area (Å²) in [7, 11) is -3.40. The summed E-state index contributed by atoms with van der Waals surface area (Å²) < 4.78 is 34.4. The summed E-state index contributed by atoms with van der Waals surface area (Å²) in [5.41, 5.74) is 1.75. The first-order valence-corrected chi connectivity index (χ1v) is 12.3. The lowest BCUT2D eigenvalue weighted by Crippen LogP contribution is -2.14. The largest absolute Gasteiger partial charge is 0.462 e. The lowest BCUT2D eigenvalue weighted by molar-refractivity contribution is -0.140. The van der Waals surface area contributed by atoms with Crippen LogP contribution in [0.5, 0.6) is 0 Å². The second-order valence-corrected chi connectivity index (χ2v) is 9.24. The van der Waals surface area contributed by atoms with E-state index < -0.39 is 21.8 Å². The van der Waals surface area contributed by atoms with Crippen LogP contribution in [0.2, 0.25) is 0 Å². The minimum Gasteiger partial charge on any atom is -0.462 e. The summed E-state index contributed by atoms with van der Waals surface area (Å²) in [4.78, 5) is 24.8. The van der Waals surface area contributed by atoms with Gasteiger partial charge in [-0.1, -0.05) is 54.6 Å². The molecule has 0 radical (unpaired) electrons. The average molecular weight is 473 g/mol. The van der Waals surface area contributed by atoms with Crippen molar-refractivity contribution in [2.75, 3.05) is 26.1 Å². The van der Waals surface area contributed by atoms with Crippen LogP contribution in [0.4, 0.5) is 0 Å². The van der Waals surface area contributed by atoms with Crippen molar-refractivity contribution in [3.05, 3.63) is 77.9 Å². The molecule has 0 bridgehead atoms. The fourth-order valence-corrected chi connectivity index (χ4v) is 3.66. The van der Waals surface area contributed by atoms with E-state index in [1.807, 2.05) is 6.07 Å². The van der Waals surface area contributed by atoms with Crippen LogP contribution in [0.1, 0.15) is 30.9 Å². The fourth-order valence-electron chi connectivity index (χ4n) is 3.03. The summed E-state index contributed by atoms with van der Waals surface area (Å²) in [6.07, 6.45) is 5.75. The number of aliphatic hydroxyl groups is 1. The molecule has 0 aromatic heterocycles. The molecule has 0 unspecified atom stereocenters. The van der Waals surface area contributed by atoms with Crippen molar-refractivity contribution in [3.8, 4) is 0 Å². The minimum absolute atomic E-state index is 0.0433. The lowest BCUT2D eigenvalue weighted by Gasteiger charge is -2.16. The van der Waals surface area contributed by atoms with Gasteiger partial charge >= 0.3 is 11.9 Å². The third-order valence-electron chi connectivity index (χ3n) is 4.64. The zero-order valence-corrected chi connectivity index (χ0v) is 19.5. The Morgan fingerprint density at radius 2 is 1.61 bits per heavy atom. The monoisotopic (exact) mass is 472 g/mol. The number of benzene rings is 2. The van der Waals surface area contributed by atoms with Crippen LogP contribution in [0.15, 0.2) is 71.6 Å². The maximum absolute atomic E-state index is 13.1. The first kappa shape index (κ1) is 26.0. The molecule has 1 N–H and O–H groups in total. The van der Waals surface area contributed by atoms with Crippen molar-refractivity contribution in [2.45, 2.75) is 24.7 Å². The predicted octanol–water partition coefficient (Wildman–Crippen LogP) is 3.44. The molecule has 176 valence electrons. The Morgan fingerprint density at radius 3 is 2.18 bits per heavy atom. The second-order valence-electron chi connectivity index (χ2n) is 7.23. The highest BCUT2D eigenvalue weighted by atomic mass is 32.2. The second kappa shape index (κ2) is 12.7. The lowest BCUT2D eigenvalue weighted by atomic mass is 9.95. The molecule has 0 atom stereocenters. The minimum atomic E-state index is -3.40. The number of unbranched alkanes of at least 4 members (excludes halogenated alkanes) is 1. The van der Waals surface area contributed by atoms with Gasteiger partial charge < -0.3 is 14.6 Å². The van der Waals surface area contributed by atoms with Gasteiger partial charge in [-0.05, 0) is 36.1 Å². The molecular formula is C25H28O7S. The first-order valence-electron chi connectivity index (χ1n) is 10.4. The third-order valence-corrected chi connectivity index (χ3v) is 5.77. The standard InChI is InChI=1S/C25H28O7S/c1-19(27)32-18-23(20-12-14-22(15-13-20)33(2,29)30)24(21-10-6-5-7-11-21)25(28)31-17-9-4-3-8-16-26/h3,5-8,10-15,26H,4,9,16-18H2,1-2H3/b8-3+,24-23+. The van der Waals surface area contributed by atoms with Gasteiger partial charge in [0.2, 0.25) is 0 Å². The van der Waals surface area contributed by atoms with Crippen molar-refractivity contribution >= 4 is 32.9 Å². The summed E-state index contributed by atoms with van der Waals surface area (Å²) in [5.74, 6) is -1.10. The van der Waals surface area contributed by atoms with E-state index in [1.165, 1.54) is 19.1 Å². The van der Waals surface area contributed by atoms with Crippen LogP contribution < -0.4 is 0 Å². The van der Waals surface area contributed by atoms with Gasteiger partial charge in [-0.3, -0.25) is 4.79 Å². The number of carbonyl (C=O) groups is 2. The number of hydrogen-bond donors (Lipinski definition) is 1. The Kier molecular flexibility index (Phi) is 10.0. The molecule has 0 heterocycles. The van der Waals surface area contributed by atoms with Gasteiger partial charge in [-0.25, -0.2) is 13.2 Å². The maximum Gasteiger partial charge on any atom is 0.339 e. The number of allylic oxidation sites excluding steroid dienone is 1. The van der Waals surface area contributed by atoms with Crippen molar-refractivity contribution in [2.24, 2.45) is 0 Å². The number of hydrogen-bond acceptors (Lipinski definition) is 7. The van der Waals surface area contributed by atoms with Gasteiger partial charge in [0.25, 0.3) is 0 Å². The zero-order chi connectivity index (χ0) is 24.3. The van der Waals surface area contributed by atoms with E-state index in [0.29, 0.717) is 29.5 Å². The topological polar surface area (TPSA) is 107 Å². The first-order chi connectivity index (χ1) is 15.7. The van der Waals surface area contributed by atoms with Crippen molar-refractivity contribution in [1.82, 2.24) is 0 Å². The number of rotatable bonds is 11. The molecule has 0 spiro atoms. The van der Waals surface area contributed by atoms with Crippen molar-refractivity contribution in [1.29, 1.82) is 0 Å². The smallest absolute Gasteiger partial charge is 0.339 e. The molecule has 0 saturated heterocycles. The van der Waals surface area contributed by atoms with E-state index >= 15 is 0 Å². The normalized spacial score (nSPS) is 12.3. The van der Waals surface area contributed by atoms with E-state index in [1.54, 1.807) is 48.6 Å². The Balaban J connectivity index is 2.48. The number of carbonyl (C=O) groups excluding carboxylic acids is 2. The SMILES string of the molecule is CC(=O)OC/C(=C(\C(=O)OCCC/C=C/CO)c1ccccc1)c1ccc(S(C)(=O)=O)cc1. The number of aliphatic hydroxyl groups excluding tert-OH is 1. The molecule has 2 rings (SSSR count). The molecule has 2 aromatic carbocycles. The molecule has 0 aliphatic heterocycles. The number of sulfone groups is 1. The van der Waals surface area contributed by atoms with Crippen LogP contribution in [0.25, 0.3) is 11.1 Å². The Morgan fingerprint density at radius 1 is 0.939 bits per heavy atom. The Bertz CT molecular complexity index is 1100. The quantitative estimate of drug-likeness (QED) is 0.176. The van der Waals surface area contributed by atoms with Crippen LogP contribution in [0.3, 0.4) is 0 Å². The molecule has 0 amide bonds. The van der Waals surface area contributed by atoms with Crippen molar-refractivity contribution in [3.63, 3.8) is 0 Å². The Hall–Kier alpha value is -3.23. The third kappa shape index (κ3) is 8.32. The summed E-state index contributed by atoms with van der Waals surface area (Å²) >= 11 is 0.